The Bertz CT molecular complexity index is 615. The maximum absolute atomic E-state index is 12.1. The van der Waals surface area contributed by atoms with Gasteiger partial charge in [-0.25, -0.2) is 0 Å². The average Bonchev–Trinajstić information content (AvgIpc) is 2.77. The number of aliphatic hydroxyl groups is 1. The lowest BCUT2D eigenvalue weighted by Gasteiger charge is -2.27. The van der Waals surface area contributed by atoms with Crippen molar-refractivity contribution in [2.24, 2.45) is 0 Å². The monoisotopic (exact) mass is 268 g/mol. The summed E-state index contributed by atoms with van der Waals surface area (Å²) < 4.78 is 0. The predicted molar refractivity (Wildman–Crippen MR) is 76.6 cm³/mol. The summed E-state index contributed by atoms with van der Waals surface area (Å²) in [6.45, 7) is -0.000631. The molecule has 3 rings (SSSR count). The minimum absolute atomic E-state index is 0.000631. The van der Waals surface area contributed by atoms with E-state index in [2.05, 4.69) is 0 Å². The van der Waals surface area contributed by atoms with Crippen LogP contribution in [0.2, 0.25) is 0 Å². The molecule has 3 nitrogen and oxygen atoms in total. The molecule has 0 saturated heterocycles. The molecule has 0 radical (unpaired) electrons. The molecule has 2 aromatic rings. The fourth-order valence-corrected chi connectivity index (χ4v) is 3.28. The smallest absolute Gasteiger partial charge is 0.318 e. The molecule has 0 atom stereocenters. The van der Waals surface area contributed by atoms with Crippen LogP contribution in [0.4, 0.5) is 0 Å². The number of rotatable bonds is 4. The first kappa shape index (κ1) is 12.9. The summed E-state index contributed by atoms with van der Waals surface area (Å²) in [5.74, 6) is -0.844. The number of carboxylic acids is 1. The van der Waals surface area contributed by atoms with Gasteiger partial charge in [-0.05, 0) is 35.1 Å². The van der Waals surface area contributed by atoms with E-state index in [-0.39, 0.29) is 6.61 Å². The molecular weight excluding hydrogens is 252 g/mol. The fourth-order valence-electron chi connectivity index (χ4n) is 3.28. The number of hydrogen-bond acceptors (Lipinski definition) is 2. The second kappa shape index (κ2) is 4.76. The van der Waals surface area contributed by atoms with E-state index in [1.165, 1.54) is 0 Å². The van der Waals surface area contributed by atoms with Crippen molar-refractivity contribution >= 4 is 5.97 Å². The number of carbonyl (C=O) groups is 1. The summed E-state index contributed by atoms with van der Waals surface area (Å²) in [5.41, 5.74) is 2.62. The molecule has 0 spiro atoms. The van der Waals surface area contributed by atoms with E-state index in [0.29, 0.717) is 12.8 Å². The molecule has 3 heteroatoms. The first-order chi connectivity index (χ1) is 9.71. The van der Waals surface area contributed by atoms with Crippen LogP contribution >= 0.6 is 0 Å². The lowest BCUT2D eigenvalue weighted by molar-refractivity contribution is -0.142. The van der Waals surface area contributed by atoms with E-state index >= 15 is 0 Å². The molecule has 0 heterocycles. The molecule has 20 heavy (non-hydrogen) atoms. The van der Waals surface area contributed by atoms with Gasteiger partial charge in [0, 0.05) is 6.61 Å². The zero-order chi connectivity index (χ0) is 14.2. The van der Waals surface area contributed by atoms with Crippen molar-refractivity contribution in [2.45, 2.75) is 18.3 Å². The highest BCUT2D eigenvalue weighted by Crippen LogP contribution is 2.51. The summed E-state index contributed by atoms with van der Waals surface area (Å²) in [6.07, 6.45) is 0.877. The minimum Gasteiger partial charge on any atom is -0.480 e. The number of benzene rings is 2. The summed E-state index contributed by atoms with van der Waals surface area (Å²) in [6, 6.07) is 15.3. The largest absolute Gasteiger partial charge is 0.480 e. The van der Waals surface area contributed by atoms with E-state index in [4.69, 9.17) is 5.11 Å². The van der Waals surface area contributed by atoms with E-state index < -0.39 is 11.4 Å². The van der Waals surface area contributed by atoms with Crippen LogP contribution in [0.1, 0.15) is 24.0 Å². The van der Waals surface area contributed by atoms with E-state index in [9.17, 15) is 9.90 Å². The maximum Gasteiger partial charge on any atom is 0.318 e. The molecule has 0 unspecified atom stereocenters. The number of carboxylic acid groups (broad SMARTS) is 1. The molecule has 0 fully saturated rings. The van der Waals surface area contributed by atoms with Crippen molar-refractivity contribution in [3.63, 3.8) is 0 Å². The molecular formula is C17H16O3. The number of aliphatic carboxylic acids is 1. The SMILES string of the molecule is O=C(O)C1(CCCO)c2ccccc2-c2ccccc21. The Morgan fingerprint density at radius 1 is 0.950 bits per heavy atom. The van der Waals surface area contributed by atoms with Crippen LogP contribution in [0, 0.1) is 0 Å². The molecule has 0 aromatic heterocycles. The predicted octanol–water partition coefficient (Wildman–Crippen LogP) is 2.81. The Morgan fingerprint density at radius 3 is 1.90 bits per heavy atom. The van der Waals surface area contributed by atoms with Crippen LogP contribution in [0.5, 0.6) is 0 Å². The molecule has 0 amide bonds. The second-order valence-corrected chi connectivity index (χ2v) is 5.13. The van der Waals surface area contributed by atoms with Crippen molar-refractivity contribution < 1.29 is 15.0 Å². The molecule has 0 aliphatic heterocycles. The molecule has 1 aliphatic rings. The van der Waals surface area contributed by atoms with Crippen molar-refractivity contribution in [2.75, 3.05) is 6.61 Å². The third kappa shape index (κ3) is 1.60. The van der Waals surface area contributed by atoms with Crippen molar-refractivity contribution in [1.82, 2.24) is 0 Å². The Kier molecular flexibility index (Phi) is 3.07. The summed E-state index contributed by atoms with van der Waals surface area (Å²) >= 11 is 0. The first-order valence-electron chi connectivity index (χ1n) is 6.75. The zero-order valence-corrected chi connectivity index (χ0v) is 11.0. The van der Waals surface area contributed by atoms with Gasteiger partial charge in [0.2, 0.25) is 0 Å². The highest BCUT2D eigenvalue weighted by molar-refractivity contribution is 5.97. The standard InChI is InChI=1S/C17H16O3/c18-11-5-10-17(16(19)20)14-8-3-1-6-12(14)13-7-2-4-9-15(13)17/h1-4,6-9,18H,5,10-11H2,(H,19,20). The van der Waals surface area contributed by atoms with E-state index in [0.717, 1.165) is 22.3 Å². The maximum atomic E-state index is 12.1. The van der Waals surface area contributed by atoms with Crippen LogP contribution in [0.25, 0.3) is 11.1 Å². The van der Waals surface area contributed by atoms with Crippen molar-refractivity contribution in [3.8, 4) is 11.1 Å². The van der Waals surface area contributed by atoms with Gasteiger partial charge < -0.3 is 10.2 Å². The fraction of sp³-hybridized carbons (Fsp3) is 0.235. The lowest BCUT2D eigenvalue weighted by Crippen LogP contribution is -2.35. The van der Waals surface area contributed by atoms with E-state index in [1.807, 2.05) is 48.5 Å². The van der Waals surface area contributed by atoms with Crippen molar-refractivity contribution in [1.29, 1.82) is 0 Å². The normalized spacial score (nSPS) is 14.7. The Morgan fingerprint density at radius 2 is 1.45 bits per heavy atom. The van der Waals surface area contributed by atoms with Crippen LogP contribution in [-0.4, -0.2) is 22.8 Å². The third-order valence-corrected chi connectivity index (χ3v) is 4.14. The van der Waals surface area contributed by atoms with Crippen LogP contribution in [-0.2, 0) is 10.2 Å². The first-order valence-corrected chi connectivity index (χ1v) is 6.75. The van der Waals surface area contributed by atoms with Gasteiger partial charge in [-0.2, -0.15) is 0 Å². The van der Waals surface area contributed by atoms with Gasteiger partial charge in [-0.1, -0.05) is 48.5 Å². The molecule has 1 aliphatic carbocycles. The lowest BCUT2D eigenvalue weighted by atomic mass is 9.74. The molecule has 0 bridgehead atoms. The van der Waals surface area contributed by atoms with Gasteiger partial charge in [0.1, 0.15) is 5.41 Å². The number of aliphatic hydroxyl groups excluding tert-OH is 1. The molecule has 102 valence electrons. The van der Waals surface area contributed by atoms with Gasteiger partial charge in [-0.3, -0.25) is 4.79 Å². The summed E-state index contributed by atoms with van der Waals surface area (Å²) in [4.78, 5) is 12.1. The Balaban J connectivity index is 2.30. The number of fused-ring (bicyclic) bond motifs is 3. The van der Waals surface area contributed by atoms with Crippen molar-refractivity contribution in [3.05, 3.63) is 59.7 Å². The van der Waals surface area contributed by atoms with Gasteiger partial charge in [0.25, 0.3) is 0 Å². The quantitative estimate of drug-likeness (QED) is 0.896. The zero-order valence-electron chi connectivity index (χ0n) is 11.0. The van der Waals surface area contributed by atoms with Gasteiger partial charge in [0.15, 0.2) is 0 Å². The second-order valence-electron chi connectivity index (χ2n) is 5.13. The highest BCUT2D eigenvalue weighted by atomic mass is 16.4. The molecule has 2 aromatic carbocycles. The minimum atomic E-state index is -1.03. The molecule has 0 saturated carbocycles. The van der Waals surface area contributed by atoms with Crippen LogP contribution in [0.15, 0.2) is 48.5 Å². The van der Waals surface area contributed by atoms with Gasteiger partial charge >= 0.3 is 5.97 Å². The summed E-state index contributed by atoms with van der Waals surface area (Å²) in [5, 5.41) is 19.0. The van der Waals surface area contributed by atoms with Crippen LogP contribution in [0.3, 0.4) is 0 Å². The summed E-state index contributed by atoms with van der Waals surface area (Å²) in [7, 11) is 0. The topological polar surface area (TPSA) is 57.5 Å². The molecule has 2 N–H and O–H groups in total. The van der Waals surface area contributed by atoms with E-state index in [1.54, 1.807) is 0 Å². The Hall–Kier alpha value is -2.13. The third-order valence-electron chi connectivity index (χ3n) is 4.14. The van der Waals surface area contributed by atoms with Crippen LogP contribution < -0.4 is 0 Å². The van der Waals surface area contributed by atoms with Gasteiger partial charge in [0.05, 0.1) is 0 Å². The Labute approximate surface area is 117 Å². The van der Waals surface area contributed by atoms with Gasteiger partial charge in [-0.15, -0.1) is 0 Å². The number of hydrogen-bond donors (Lipinski definition) is 2. The highest BCUT2D eigenvalue weighted by Gasteiger charge is 2.48. The average molecular weight is 268 g/mol.